The standard InChI is InChI=1S/C10H21NO2S/c1-10(2)6-5-8(11-3)9(7-10)14(4,12)13/h8-9,11H,5-7H2,1-4H3. The van der Waals surface area contributed by atoms with Crippen molar-refractivity contribution in [1.29, 1.82) is 0 Å². The van der Waals surface area contributed by atoms with Gasteiger partial charge in [-0.2, -0.15) is 0 Å². The molecule has 14 heavy (non-hydrogen) atoms. The van der Waals surface area contributed by atoms with E-state index in [4.69, 9.17) is 0 Å². The lowest BCUT2D eigenvalue weighted by molar-refractivity contribution is 0.214. The Balaban J connectivity index is 2.87. The van der Waals surface area contributed by atoms with Crippen LogP contribution in [0.3, 0.4) is 0 Å². The Bertz CT molecular complexity index is 295. The SMILES string of the molecule is CNC1CCC(C)(C)CC1S(C)(=O)=O. The van der Waals surface area contributed by atoms with Gasteiger partial charge in [0.1, 0.15) is 0 Å². The van der Waals surface area contributed by atoms with Gasteiger partial charge in [-0.25, -0.2) is 8.42 Å². The molecule has 0 heterocycles. The lowest BCUT2D eigenvalue weighted by atomic mass is 9.75. The Morgan fingerprint density at radius 1 is 1.36 bits per heavy atom. The fraction of sp³-hybridized carbons (Fsp3) is 1.00. The first-order valence-electron chi connectivity index (χ1n) is 5.12. The second kappa shape index (κ2) is 3.81. The summed E-state index contributed by atoms with van der Waals surface area (Å²) in [6, 6.07) is 0.137. The van der Waals surface area contributed by atoms with Crippen LogP contribution in [0.5, 0.6) is 0 Å². The van der Waals surface area contributed by atoms with Crippen LogP contribution in [-0.2, 0) is 9.84 Å². The first kappa shape index (κ1) is 12.0. The summed E-state index contributed by atoms with van der Waals surface area (Å²) in [4.78, 5) is 0. The van der Waals surface area contributed by atoms with E-state index in [-0.39, 0.29) is 16.7 Å². The van der Waals surface area contributed by atoms with Gasteiger partial charge in [-0.1, -0.05) is 13.8 Å². The monoisotopic (exact) mass is 219 g/mol. The van der Waals surface area contributed by atoms with Crippen LogP contribution < -0.4 is 5.32 Å². The minimum Gasteiger partial charge on any atom is -0.316 e. The van der Waals surface area contributed by atoms with Crippen LogP contribution >= 0.6 is 0 Å². The summed E-state index contributed by atoms with van der Waals surface area (Å²) in [5.41, 5.74) is 0.168. The van der Waals surface area contributed by atoms with Gasteiger partial charge < -0.3 is 5.32 Å². The van der Waals surface area contributed by atoms with Gasteiger partial charge in [0.2, 0.25) is 0 Å². The lowest BCUT2D eigenvalue weighted by Gasteiger charge is -2.39. The minimum absolute atomic E-state index is 0.137. The summed E-state index contributed by atoms with van der Waals surface area (Å²) < 4.78 is 23.2. The van der Waals surface area contributed by atoms with Crippen molar-refractivity contribution in [2.24, 2.45) is 5.41 Å². The van der Waals surface area contributed by atoms with E-state index in [2.05, 4.69) is 19.2 Å². The Morgan fingerprint density at radius 2 is 1.93 bits per heavy atom. The number of rotatable bonds is 2. The molecule has 1 saturated carbocycles. The summed E-state index contributed by atoms with van der Waals surface area (Å²) in [5, 5.41) is 2.91. The van der Waals surface area contributed by atoms with Crippen molar-refractivity contribution in [3.05, 3.63) is 0 Å². The molecule has 0 aromatic heterocycles. The van der Waals surface area contributed by atoms with Gasteiger partial charge in [-0.15, -0.1) is 0 Å². The predicted octanol–water partition coefficient (Wildman–Crippen LogP) is 1.20. The fourth-order valence-corrected chi connectivity index (χ4v) is 3.92. The van der Waals surface area contributed by atoms with E-state index in [1.165, 1.54) is 6.26 Å². The topological polar surface area (TPSA) is 46.2 Å². The van der Waals surface area contributed by atoms with Gasteiger partial charge in [0, 0.05) is 12.3 Å². The molecule has 0 aromatic carbocycles. The Morgan fingerprint density at radius 3 is 2.36 bits per heavy atom. The molecule has 2 unspecified atom stereocenters. The highest BCUT2D eigenvalue weighted by Gasteiger charge is 2.39. The van der Waals surface area contributed by atoms with E-state index >= 15 is 0 Å². The van der Waals surface area contributed by atoms with Crippen LogP contribution in [0.25, 0.3) is 0 Å². The molecule has 0 aromatic rings. The van der Waals surface area contributed by atoms with Crippen LogP contribution in [0.1, 0.15) is 33.1 Å². The molecule has 0 spiro atoms. The summed E-state index contributed by atoms with van der Waals surface area (Å²) in [5.74, 6) is 0. The highest BCUT2D eigenvalue weighted by molar-refractivity contribution is 7.91. The molecule has 0 saturated heterocycles. The lowest BCUT2D eigenvalue weighted by Crippen LogP contribution is -2.48. The van der Waals surface area contributed by atoms with Crippen molar-refractivity contribution in [3.8, 4) is 0 Å². The molecular weight excluding hydrogens is 198 g/mol. The van der Waals surface area contributed by atoms with Gasteiger partial charge in [-0.05, 0) is 31.7 Å². The van der Waals surface area contributed by atoms with Crippen molar-refractivity contribution in [1.82, 2.24) is 5.32 Å². The molecule has 3 nitrogen and oxygen atoms in total. The first-order chi connectivity index (χ1) is 6.26. The van der Waals surface area contributed by atoms with Crippen molar-refractivity contribution in [2.75, 3.05) is 13.3 Å². The third-order valence-corrected chi connectivity index (χ3v) is 4.85. The zero-order valence-electron chi connectivity index (χ0n) is 9.50. The first-order valence-corrected chi connectivity index (χ1v) is 7.08. The predicted molar refractivity (Wildman–Crippen MR) is 59.1 cm³/mol. The largest absolute Gasteiger partial charge is 0.316 e. The molecule has 0 aliphatic heterocycles. The number of nitrogens with one attached hydrogen (secondary N) is 1. The fourth-order valence-electron chi connectivity index (χ4n) is 2.30. The maximum Gasteiger partial charge on any atom is 0.151 e. The van der Waals surface area contributed by atoms with Crippen molar-refractivity contribution >= 4 is 9.84 Å². The zero-order chi connectivity index (χ0) is 11.0. The van der Waals surface area contributed by atoms with E-state index in [0.29, 0.717) is 0 Å². The summed E-state index contributed by atoms with van der Waals surface area (Å²) in [6.07, 6.45) is 4.19. The molecule has 1 aliphatic rings. The average Bonchev–Trinajstić information content (AvgIpc) is 2.01. The molecule has 1 rings (SSSR count). The van der Waals surface area contributed by atoms with Crippen LogP contribution in [0.15, 0.2) is 0 Å². The second-order valence-electron chi connectivity index (χ2n) is 5.17. The third kappa shape index (κ3) is 2.70. The third-order valence-electron chi connectivity index (χ3n) is 3.26. The van der Waals surface area contributed by atoms with Gasteiger partial charge >= 0.3 is 0 Å². The Kier molecular flexibility index (Phi) is 3.26. The number of sulfone groups is 1. The maximum atomic E-state index is 11.6. The van der Waals surface area contributed by atoms with Crippen LogP contribution in [0.4, 0.5) is 0 Å². The molecule has 1 fully saturated rings. The highest BCUT2D eigenvalue weighted by Crippen LogP contribution is 2.37. The number of hydrogen-bond donors (Lipinski definition) is 1. The van der Waals surface area contributed by atoms with Gasteiger partial charge in [0.15, 0.2) is 9.84 Å². The summed E-state index contributed by atoms with van der Waals surface area (Å²) in [7, 11) is -1.07. The molecule has 0 bridgehead atoms. The van der Waals surface area contributed by atoms with E-state index in [1.807, 2.05) is 7.05 Å². The van der Waals surface area contributed by atoms with Crippen molar-refractivity contribution < 1.29 is 8.42 Å². The van der Waals surface area contributed by atoms with E-state index < -0.39 is 9.84 Å². The normalized spacial score (nSPS) is 32.9. The Hall–Kier alpha value is -0.0900. The summed E-state index contributed by atoms with van der Waals surface area (Å²) in [6.45, 7) is 4.30. The van der Waals surface area contributed by atoms with E-state index in [9.17, 15) is 8.42 Å². The molecular formula is C10H21NO2S. The molecule has 0 radical (unpaired) electrons. The second-order valence-corrected chi connectivity index (χ2v) is 7.43. The molecule has 4 heteroatoms. The minimum atomic E-state index is -2.92. The maximum absolute atomic E-state index is 11.6. The van der Waals surface area contributed by atoms with E-state index in [1.54, 1.807) is 0 Å². The molecule has 84 valence electrons. The van der Waals surface area contributed by atoms with Gasteiger partial charge in [0.05, 0.1) is 5.25 Å². The smallest absolute Gasteiger partial charge is 0.151 e. The van der Waals surface area contributed by atoms with Crippen LogP contribution in [0.2, 0.25) is 0 Å². The molecule has 2 atom stereocenters. The quantitative estimate of drug-likeness (QED) is 0.759. The van der Waals surface area contributed by atoms with Gasteiger partial charge in [0.25, 0.3) is 0 Å². The zero-order valence-corrected chi connectivity index (χ0v) is 10.3. The molecule has 0 amide bonds. The highest BCUT2D eigenvalue weighted by atomic mass is 32.2. The molecule has 1 N–H and O–H groups in total. The molecule has 1 aliphatic carbocycles. The number of hydrogen-bond acceptors (Lipinski definition) is 3. The Labute approximate surface area is 87.2 Å². The van der Waals surface area contributed by atoms with Gasteiger partial charge in [-0.3, -0.25) is 0 Å². The van der Waals surface area contributed by atoms with Crippen molar-refractivity contribution in [2.45, 2.75) is 44.4 Å². The average molecular weight is 219 g/mol. The van der Waals surface area contributed by atoms with Crippen molar-refractivity contribution in [3.63, 3.8) is 0 Å². The summed E-state index contributed by atoms with van der Waals surface area (Å²) >= 11 is 0. The van der Waals surface area contributed by atoms with Crippen LogP contribution in [0, 0.1) is 5.41 Å². The van der Waals surface area contributed by atoms with E-state index in [0.717, 1.165) is 19.3 Å². The van der Waals surface area contributed by atoms with Crippen LogP contribution in [-0.4, -0.2) is 33.0 Å².